The highest BCUT2D eigenvalue weighted by Gasteiger charge is 2.10. The topological polar surface area (TPSA) is 59.1 Å². The molecule has 0 unspecified atom stereocenters. The van der Waals surface area contributed by atoms with Crippen LogP contribution in [0.25, 0.3) is 11.3 Å². The number of nitrogens with one attached hydrogen (secondary N) is 2. The highest BCUT2D eigenvalue weighted by molar-refractivity contribution is 6.31. The summed E-state index contributed by atoms with van der Waals surface area (Å²) in [6.07, 6.45) is 0. The molecule has 0 spiro atoms. The second-order valence-corrected chi connectivity index (χ2v) is 6.53. The second kappa shape index (κ2) is 8.06. The van der Waals surface area contributed by atoms with Crippen molar-refractivity contribution in [1.82, 2.24) is 9.97 Å². The zero-order valence-electron chi connectivity index (χ0n) is 15.0. The lowest BCUT2D eigenvalue weighted by atomic mass is 10.1. The Balaban J connectivity index is 2.02. The van der Waals surface area contributed by atoms with Crippen LogP contribution in [0.2, 0.25) is 5.02 Å². The van der Waals surface area contributed by atoms with E-state index >= 15 is 0 Å². The third-order valence-corrected chi connectivity index (χ3v) is 3.87. The predicted octanol–water partition coefficient (Wildman–Crippen LogP) is 5.37. The van der Waals surface area contributed by atoms with Crippen LogP contribution in [0.1, 0.15) is 13.8 Å². The van der Waals surface area contributed by atoms with E-state index in [1.54, 1.807) is 19.2 Å². The Kier molecular flexibility index (Phi) is 5.58. The number of nitrogens with zero attached hydrogens (tertiary/aromatic N) is 2. The van der Waals surface area contributed by atoms with Crippen LogP contribution in [0.15, 0.2) is 54.6 Å². The first-order valence-corrected chi connectivity index (χ1v) is 8.74. The fourth-order valence-corrected chi connectivity index (χ4v) is 2.68. The van der Waals surface area contributed by atoms with E-state index in [-0.39, 0.29) is 6.04 Å². The van der Waals surface area contributed by atoms with E-state index in [0.717, 1.165) is 16.9 Å². The quantitative estimate of drug-likeness (QED) is 0.612. The number of ether oxygens (including phenoxy) is 1. The molecule has 5 nitrogen and oxygen atoms in total. The van der Waals surface area contributed by atoms with Gasteiger partial charge in [-0.1, -0.05) is 41.9 Å². The van der Waals surface area contributed by atoms with Crippen LogP contribution in [-0.4, -0.2) is 23.1 Å². The van der Waals surface area contributed by atoms with Crippen LogP contribution in [-0.2, 0) is 0 Å². The molecule has 0 radical (unpaired) electrons. The summed E-state index contributed by atoms with van der Waals surface area (Å²) in [7, 11) is 1.62. The van der Waals surface area contributed by atoms with Gasteiger partial charge in [0.25, 0.3) is 0 Å². The number of hydrogen-bond acceptors (Lipinski definition) is 5. The molecule has 0 aliphatic carbocycles. The molecule has 0 bridgehead atoms. The Hall–Kier alpha value is -2.79. The molecule has 134 valence electrons. The number of anilines is 3. The van der Waals surface area contributed by atoms with Gasteiger partial charge in [0.05, 0.1) is 18.5 Å². The first-order chi connectivity index (χ1) is 12.5. The standard InChI is InChI=1S/C20H21ClN4O/c1-13(2)22-20-24-16(14-7-5-4-6-8-14)12-19(25-20)23-17-11-15(21)9-10-18(17)26-3/h4-13H,1-3H3,(H2,22,23,24,25). The van der Waals surface area contributed by atoms with Crippen molar-refractivity contribution >= 4 is 29.1 Å². The number of aromatic nitrogens is 2. The maximum absolute atomic E-state index is 6.13. The number of rotatable bonds is 6. The zero-order chi connectivity index (χ0) is 18.5. The van der Waals surface area contributed by atoms with Gasteiger partial charge in [-0.15, -0.1) is 0 Å². The van der Waals surface area contributed by atoms with Crippen LogP contribution in [0.4, 0.5) is 17.5 Å². The third kappa shape index (κ3) is 4.43. The van der Waals surface area contributed by atoms with E-state index in [4.69, 9.17) is 16.3 Å². The third-order valence-electron chi connectivity index (χ3n) is 3.64. The van der Waals surface area contributed by atoms with Crippen molar-refractivity contribution in [1.29, 1.82) is 0 Å². The van der Waals surface area contributed by atoms with Gasteiger partial charge in [-0.25, -0.2) is 4.98 Å². The lowest BCUT2D eigenvalue weighted by Gasteiger charge is -2.15. The number of hydrogen-bond donors (Lipinski definition) is 2. The van der Waals surface area contributed by atoms with E-state index in [0.29, 0.717) is 22.5 Å². The largest absolute Gasteiger partial charge is 0.495 e. The minimum atomic E-state index is 0.217. The van der Waals surface area contributed by atoms with Crippen molar-refractivity contribution in [2.24, 2.45) is 0 Å². The molecular formula is C20H21ClN4O. The molecular weight excluding hydrogens is 348 g/mol. The maximum Gasteiger partial charge on any atom is 0.225 e. The predicted molar refractivity (Wildman–Crippen MR) is 108 cm³/mol. The minimum Gasteiger partial charge on any atom is -0.495 e. The van der Waals surface area contributed by atoms with Crippen molar-refractivity contribution in [3.05, 3.63) is 59.6 Å². The Bertz CT molecular complexity index is 884. The summed E-state index contributed by atoms with van der Waals surface area (Å²) >= 11 is 6.13. The van der Waals surface area contributed by atoms with Gasteiger partial charge >= 0.3 is 0 Å². The van der Waals surface area contributed by atoms with Gasteiger partial charge in [0, 0.05) is 22.7 Å². The lowest BCUT2D eigenvalue weighted by molar-refractivity contribution is 0.417. The summed E-state index contributed by atoms with van der Waals surface area (Å²) in [6.45, 7) is 4.09. The van der Waals surface area contributed by atoms with E-state index < -0.39 is 0 Å². The molecule has 0 aliphatic heterocycles. The minimum absolute atomic E-state index is 0.217. The molecule has 0 atom stereocenters. The van der Waals surface area contributed by atoms with Crippen LogP contribution in [0, 0.1) is 0 Å². The highest BCUT2D eigenvalue weighted by atomic mass is 35.5. The molecule has 0 saturated heterocycles. The Morgan fingerprint density at radius 1 is 1.00 bits per heavy atom. The summed E-state index contributed by atoms with van der Waals surface area (Å²) < 4.78 is 5.40. The van der Waals surface area contributed by atoms with Gasteiger partial charge in [0.2, 0.25) is 5.95 Å². The smallest absolute Gasteiger partial charge is 0.225 e. The van der Waals surface area contributed by atoms with Gasteiger partial charge in [0.15, 0.2) is 0 Å². The van der Waals surface area contributed by atoms with Gasteiger partial charge in [-0.2, -0.15) is 4.98 Å². The first kappa shape index (κ1) is 18.0. The number of halogens is 1. The Morgan fingerprint density at radius 2 is 1.77 bits per heavy atom. The fraction of sp³-hybridized carbons (Fsp3) is 0.200. The van der Waals surface area contributed by atoms with Gasteiger partial charge in [-0.3, -0.25) is 0 Å². The molecule has 2 aromatic carbocycles. The Morgan fingerprint density at radius 3 is 2.46 bits per heavy atom. The zero-order valence-corrected chi connectivity index (χ0v) is 15.7. The van der Waals surface area contributed by atoms with E-state index in [2.05, 4.69) is 20.6 Å². The van der Waals surface area contributed by atoms with Gasteiger partial charge in [0.1, 0.15) is 11.6 Å². The SMILES string of the molecule is COc1ccc(Cl)cc1Nc1cc(-c2ccccc2)nc(NC(C)C)n1. The van der Waals surface area contributed by atoms with E-state index in [9.17, 15) is 0 Å². The molecule has 6 heteroatoms. The summed E-state index contributed by atoms with van der Waals surface area (Å²) in [5.74, 6) is 1.90. The summed E-state index contributed by atoms with van der Waals surface area (Å²) in [5.41, 5.74) is 2.59. The normalized spacial score (nSPS) is 10.7. The van der Waals surface area contributed by atoms with Crippen LogP contribution >= 0.6 is 11.6 Å². The van der Waals surface area contributed by atoms with Gasteiger partial charge in [-0.05, 0) is 32.0 Å². The van der Waals surface area contributed by atoms with E-state index in [1.807, 2.05) is 56.3 Å². The molecule has 1 heterocycles. The summed E-state index contributed by atoms with van der Waals surface area (Å²) in [5, 5.41) is 7.17. The average molecular weight is 369 g/mol. The number of benzene rings is 2. The van der Waals surface area contributed by atoms with Crippen molar-refractivity contribution in [3.63, 3.8) is 0 Å². The lowest BCUT2D eigenvalue weighted by Crippen LogP contribution is -2.13. The highest BCUT2D eigenvalue weighted by Crippen LogP contribution is 2.31. The molecule has 3 aromatic rings. The van der Waals surface area contributed by atoms with Crippen LogP contribution < -0.4 is 15.4 Å². The molecule has 26 heavy (non-hydrogen) atoms. The molecule has 0 amide bonds. The molecule has 1 aromatic heterocycles. The molecule has 0 aliphatic rings. The van der Waals surface area contributed by atoms with Crippen LogP contribution in [0.5, 0.6) is 5.75 Å². The van der Waals surface area contributed by atoms with Crippen molar-refractivity contribution < 1.29 is 4.74 Å². The molecule has 0 fully saturated rings. The molecule has 0 saturated carbocycles. The summed E-state index contributed by atoms with van der Waals surface area (Å²) in [4.78, 5) is 9.19. The van der Waals surface area contributed by atoms with Crippen molar-refractivity contribution in [2.45, 2.75) is 19.9 Å². The molecule has 2 N–H and O–H groups in total. The molecule has 3 rings (SSSR count). The maximum atomic E-state index is 6.13. The number of methoxy groups -OCH3 is 1. The average Bonchev–Trinajstić information content (AvgIpc) is 2.62. The summed E-state index contributed by atoms with van der Waals surface area (Å²) in [6, 6.07) is 17.5. The van der Waals surface area contributed by atoms with Crippen molar-refractivity contribution in [3.8, 4) is 17.0 Å². The van der Waals surface area contributed by atoms with Crippen LogP contribution in [0.3, 0.4) is 0 Å². The van der Waals surface area contributed by atoms with E-state index in [1.165, 1.54) is 0 Å². The fourth-order valence-electron chi connectivity index (χ4n) is 2.51. The van der Waals surface area contributed by atoms with Crippen molar-refractivity contribution in [2.75, 3.05) is 17.7 Å². The Labute approximate surface area is 158 Å². The van der Waals surface area contributed by atoms with Gasteiger partial charge < -0.3 is 15.4 Å². The second-order valence-electron chi connectivity index (χ2n) is 6.10. The monoisotopic (exact) mass is 368 g/mol. The first-order valence-electron chi connectivity index (χ1n) is 8.37.